The van der Waals surface area contributed by atoms with E-state index in [0.29, 0.717) is 29.7 Å². The second-order valence-electron chi connectivity index (χ2n) is 15.6. The highest BCUT2D eigenvalue weighted by Crippen LogP contribution is 2.57. The number of piperidine rings is 3. The van der Waals surface area contributed by atoms with Gasteiger partial charge in [-0.05, 0) is 126 Å². The number of hydrogen-bond donors (Lipinski definition) is 2. The molecular weight excluding hydrogens is 569 g/mol. The topological polar surface area (TPSA) is 40.2 Å². The first-order valence-electron chi connectivity index (χ1n) is 17.6. The molecule has 3 aliphatic heterocycles. The molecule has 0 spiro atoms. The van der Waals surface area contributed by atoms with Crippen LogP contribution in [0.3, 0.4) is 0 Å². The number of nitrogens with one attached hydrogen (secondary N) is 2. The minimum absolute atomic E-state index is 0.104. The summed E-state index contributed by atoms with van der Waals surface area (Å²) >= 11 is 6.18. The van der Waals surface area contributed by atoms with Gasteiger partial charge in [-0.1, -0.05) is 76.6 Å². The van der Waals surface area contributed by atoms with Gasteiger partial charge in [0.25, 0.3) is 0 Å². The van der Waals surface area contributed by atoms with Crippen molar-refractivity contribution in [3.8, 4) is 0 Å². The van der Waals surface area contributed by atoms with Crippen molar-refractivity contribution in [3.05, 3.63) is 89.6 Å². The average molecular weight is 621 g/mol. The summed E-state index contributed by atoms with van der Waals surface area (Å²) in [6, 6.07) is 18.7. The van der Waals surface area contributed by atoms with E-state index in [1.165, 1.54) is 61.5 Å². The van der Waals surface area contributed by atoms with Crippen LogP contribution in [0.5, 0.6) is 0 Å². The van der Waals surface area contributed by atoms with Gasteiger partial charge >= 0.3 is 0 Å². The van der Waals surface area contributed by atoms with Crippen molar-refractivity contribution >= 4 is 28.2 Å². The van der Waals surface area contributed by atoms with E-state index < -0.39 is 0 Å². The SMILES string of the molecule is C=C[C@H]1CN2CC[C@H]1C[C@H]2[C@H](NC(=S)NC[C@]1(C)CCC[C@@]2(C)c3ccc(C(C)C)cc3CC[C@@H]12)c1ccnc2ccccc12. The third-order valence-corrected chi connectivity index (χ3v) is 12.9. The maximum absolute atomic E-state index is 6.18. The molecule has 0 radical (unpaired) electrons. The molecule has 3 saturated heterocycles. The first-order chi connectivity index (χ1) is 21.7. The summed E-state index contributed by atoms with van der Waals surface area (Å²) in [4.78, 5) is 7.39. The van der Waals surface area contributed by atoms with E-state index in [1.54, 1.807) is 11.1 Å². The van der Waals surface area contributed by atoms with E-state index in [2.05, 4.69) is 104 Å². The zero-order valence-electron chi connectivity index (χ0n) is 27.8. The fourth-order valence-electron chi connectivity index (χ4n) is 10.2. The monoisotopic (exact) mass is 620 g/mol. The van der Waals surface area contributed by atoms with E-state index in [4.69, 9.17) is 17.2 Å². The van der Waals surface area contributed by atoms with Crippen LogP contribution in [0.25, 0.3) is 10.9 Å². The highest BCUT2D eigenvalue weighted by Gasteiger charge is 2.51. The van der Waals surface area contributed by atoms with E-state index in [0.717, 1.165) is 30.3 Å². The molecule has 1 saturated carbocycles. The Morgan fingerprint density at radius 3 is 2.76 bits per heavy atom. The molecule has 0 amide bonds. The normalized spacial score (nSPS) is 32.9. The molecule has 5 aliphatic rings. The van der Waals surface area contributed by atoms with Gasteiger partial charge in [0.05, 0.1) is 11.6 Å². The van der Waals surface area contributed by atoms with Gasteiger partial charge in [0, 0.05) is 30.7 Å². The molecule has 8 rings (SSSR count). The van der Waals surface area contributed by atoms with E-state index in [-0.39, 0.29) is 16.9 Å². The quantitative estimate of drug-likeness (QED) is 0.205. The van der Waals surface area contributed by atoms with Gasteiger partial charge in [-0.25, -0.2) is 0 Å². The lowest BCUT2D eigenvalue weighted by Gasteiger charge is -2.56. The second kappa shape index (κ2) is 12.1. The summed E-state index contributed by atoms with van der Waals surface area (Å²) in [5.74, 6) is 2.50. The Labute approximate surface area is 276 Å². The average Bonchev–Trinajstić information content (AvgIpc) is 3.06. The molecule has 1 aromatic heterocycles. The minimum Gasteiger partial charge on any atom is -0.362 e. The van der Waals surface area contributed by atoms with Crippen LogP contribution in [0.2, 0.25) is 0 Å². The third kappa shape index (κ3) is 5.52. The van der Waals surface area contributed by atoms with E-state index in [9.17, 15) is 0 Å². The van der Waals surface area contributed by atoms with E-state index >= 15 is 0 Å². The molecule has 4 fully saturated rings. The zero-order valence-corrected chi connectivity index (χ0v) is 28.6. The number of pyridine rings is 1. The van der Waals surface area contributed by atoms with Crippen molar-refractivity contribution < 1.29 is 0 Å². The molecule has 238 valence electrons. The summed E-state index contributed by atoms with van der Waals surface area (Å²) < 4.78 is 0. The fourth-order valence-corrected chi connectivity index (χ4v) is 10.4. The van der Waals surface area contributed by atoms with Gasteiger partial charge in [0.15, 0.2) is 5.11 Å². The Bertz CT molecular complexity index is 1580. The fraction of sp³-hybridized carbons (Fsp3) is 0.550. The maximum Gasteiger partial charge on any atom is 0.166 e. The molecule has 1 unspecified atom stereocenters. The van der Waals surface area contributed by atoms with Crippen LogP contribution in [0.1, 0.15) is 100 Å². The van der Waals surface area contributed by atoms with Crippen molar-refractivity contribution in [2.75, 3.05) is 19.6 Å². The van der Waals surface area contributed by atoms with Crippen molar-refractivity contribution in [2.45, 2.75) is 96.1 Å². The van der Waals surface area contributed by atoms with Crippen LogP contribution in [0, 0.1) is 23.2 Å². The molecule has 45 heavy (non-hydrogen) atoms. The van der Waals surface area contributed by atoms with Gasteiger partial charge in [-0.3, -0.25) is 9.88 Å². The summed E-state index contributed by atoms with van der Waals surface area (Å²) in [6.07, 6.45) is 12.9. The van der Waals surface area contributed by atoms with Crippen LogP contribution in [0.15, 0.2) is 67.4 Å². The van der Waals surface area contributed by atoms with Gasteiger partial charge < -0.3 is 10.6 Å². The number of para-hydroxylation sites is 1. The number of nitrogens with zero attached hydrogens (tertiary/aromatic N) is 2. The van der Waals surface area contributed by atoms with Gasteiger partial charge in [-0.2, -0.15) is 0 Å². The van der Waals surface area contributed by atoms with Crippen LogP contribution in [-0.2, 0) is 11.8 Å². The number of benzene rings is 2. The highest BCUT2D eigenvalue weighted by atomic mass is 32.1. The summed E-state index contributed by atoms with van der Waals surface area (Å²) in [7, 11) is 0. The second-order valence-corrected chi connectivity index (χ2v) is 16.0. The maximum atomic E-state index is 6.18. The lowest BCUT2D eigenvalue weighted by atomic mass is 9.49. The van der Waals surface area contributed by atoms with Crippen LogP contribution >= 0.6 is 12.2 Å². The molecule has 3 aromatic rings. The Kier molecular flexibility index (Phi) is 8.31. The van der Waals surface area contributed by atoms with Crippen LogP contribution in [-0.4, -0.2) is 40.7 Å². The molecule has 4 heterocycles. The number of aryl methyl sites for hydroxylation is 1. The van der Waals surface area contributed by atoms with Gasteiger partial charge in [-0.15, -0.1) is 6.58 Å². The first kappa shape index (κ1) is 30.9. The van der Waals surface area contributed by atoms with Crippen LogP contribution in [0.4, 0.5) is 0 Å². The lowest BCUT2D eigenvalue weighted by molar-refractivity contribution is 0.00408. The van der Waals surface area contributed by atoms with Crippen molar-refractivity contribution in [3.63, 3.8) is 0 Å². The molecule has 2 bridgehead atoms. The minimum atomic E-state index is 0.104. The summed E-state index contributed by atoms with van der Waals surface area (Å²) in [5.41, 5.74) is 7.45. The number of fused-ring (bicyclic) bond motifs is 7. The van der Waals surface area contributed by atoms with Crippen molar-refractivity contribution in [1.82, 2.24) is 20.5 Å². The zero-order chi connectivity index (χ0) is 31.3. The summed E-state index contributed by atoms with van der Waals surface area (Å²) in [5, 5.41) is 9.73. The lowest BCUT2D eigenvalue weighted by Crippen LogP contribution is -2.59. The van der Waals surface area contributed by atoms with Gasteiger partial charge in [0.2, 0.25) is 0 Å². The molecular formula is C40H52N4S. The Balaban J connectivity index is 1.12. The van der Waals surface area contributed by atoms with Gasteiger partial charge in [0.1, 0.15) is 0 Å². The number of hydrogen-bond acceptors (Lipinski definition) is 3. The third-order valence-electron chi connectivity index (χ3n) is 12.7. The van der Waals surface area contributed by atoms with Crippen molar-refractivity contribution in [2.24, 2.45) is 23.2 Å². The predicted octanol–water partition coefficient (Wildman–Crippen LogP) is 8.47. The molecule has 2 aliphatic carbocycles. The standard InChI is InChI=1S/C40H52N4S/c1-6-27-24-44-21-17-29(27)23-35(44)37(32-16-20-41-34-11-8-7-10-31(32)34)43-38(45)42-25-39(4)18-9-19-40(5)33-14-12-28(26(2)3)22-30(33)13-15-36(39)40/h6-8,10-12,14,16,20,22,26-27,29,35-37H,1,9,13,15,17-19,21,23-25H2,2-5H3,(H2,42,43,45)/t27-,29-,35-,36-,37+,39-,40-/m0/s1. The smallest absolute Gasteiger partial charge is 0.166 e. The van der Waals surface area contributed by atoms with E-state index in [1.807, 2.05) is 6.20 Å². The number of aromatic nitrogens is 1. The molecule has 2 N–H and O–H groups in total. The Morgan fingerprint density at radius 2 is 1.98 bits per heavy atom. The Hall–Kier alpha value is -2.76. The first-order valence-corrected chi connectivity index (χ1v) is 18.0. The van der Waals surface area contributed by atoms with Crippen LogP contribution < -0.4 is 10.6 Å². The number of rotatable bonds is 7. The van der Waals surface area contributed by atoms with Crippen molar-refractivity contribution in [1.29, 1.82) is 0 Å². The molecule has 2 aromatic carbocycles. The molecule has 8 atom stereocenters. The summed E-state index contributed by atoms with van der Waals surface area (Å²) in [6.45, 7) is 17.1. The largest absolute Gasteiger partial charge is 0.362 e. The molecule has 4 nitrogen and oxygen atoms in total. The predicted molar refractivity (Wildman–Crippen MR) is 192 cm³/mol. The number of thiocarbonyl (C=S) groups is 1. The Morgan fingerprint density at radius 1 is 1.13 bits per heavy atom. The molecule has 5 heteroatoms. The highest BCUT2D eigenvalue weighted by molar-refractivity contribution is 7.80.